The van der Waals surface area contributed by atoms with Gasteiger partial charge in [0.1, 0.15) is 11.4 Å². The summed E-state index contributed by atoms with van der Waals surface area (Å²) < 4.78 is 1.65. The fourth-order valence-electron chi connectivity index (χ4n) is 2.63. The van der Waals surface area contributed by atoms with Crippen LogP contribution in [-0.2, 0) is 13.0 Å². The first-order valence-electron chi connectivity index (χ1n) is 8.23. The van der Waals surface area contributed by atoms with Gasteiger partial charge in [-0.2, -0.15) is 5.10 Å². The van der Waals surface area contributed by atoms with Gasteiger partial charge in [0, 0.05) is 12.1 Å². The van der Waals surface area contributed by atoms with Crippen molar-refractivity contribution in [1.29, 1.82) is 0 Å². The maximum Gasteiger partial charge on any atom is 0.282 e. The molecule has 1 aromatic heterocycles. The normalized spacial score (nSPS) is 10.5. The van der Waals surface area contributed by atoms with Gasteiger partial charge in [-0.05, 0) is 23.6 Å². The number of nitro benzene ring substituents is 1. The van der Waals surface area contributed by atoms with Crippen molar-refractivity contribution in [2.75, 3.05) is 5.32 Å². The predicted octanol–water partition coefficient (Wildman–Crippen LogP) is 3.65. The third-order valence-electron chi connectivity index (χ3n) is 4.07. The zero-order valence-corrected chi connectivity index (χ0v) is 14.3. The van der Waals surface area contributed by atoms with Crippen LogP contribution >= 0.6 is 0 Å². The van der Waals surface area contributed by atoms with Crippen LogP contribution in [0.15, 0.2) is 60.8 Å². The molecule has 0 aliphatic rings. The molecule has 132 valence electrons. The van der Waals surface area contributed by atoms with Crippen LogP contribution in [0.25, 0.3) is 0 Å². The van der Waals surface area contributed by atoms with Gasteiger partial charge in [0.2, 0.25) is 0 Å². The van der Waals surface area contributed by atoms with E-state index in [0.29, 0.717) is 12.4 Å². The number of nitrogens with zero attached hydrogens (tertiary/aromatic N) is 3. The predicted molar refractivity (Wildman–Crippen MR) is 98.2 cm³/mol. The summed E-state index contributed by atoms with van der Waals surface area (Å²) in [6.45, 7) is 2.59. The Morgan fingerprint density at radius 2 is 1.81 bits per heavy atom. The zero-order chi connectivity index (χ0) is 18.5. The first-order valence-corrected chi connectivity index (χ1v) is 8.23. The van der Waals surface area contributed by atoms with E-state index in [9.17, 15) is 14.9 Å². The van der Waals surface area contributed by atoms with Crippen LogP contribution in [0, 0.1) is 10.1 Å². The van der Waals surface area contributed by atoms with Crippen LogP contribution in [0.3, 0.4) is 0 Å². The van der Waals surface area contributed by atoms with E-state index in [1.54, 1.807) is 23.0 Å². The number of hydrogen-bond acceptors (Lipinski definition) is 4. The molecule has 0 unspecified atom stereocenters. The molecule has 2 aromatic carbocycles. The van der Waals surface area contributed by atoms with Crippen molar-refractivity contribution in [3.63, 3.8) is 0 Å². The summed E-state index contributed by atoms with van der Waals surface area (Å²) >= 11 is 0. The molecule has 1 heterocycles. The lowest BCUT2D eigenvalue weighted by Crippen LogP contribution is -2.17. The highest BCUT2D eigenvalue weighted by molar-refractivity contribution is 6.06. The average molecular weight is 350 g/mol. The molecule has 0 radical (unpaired) electrons. The minimum absolute atomic E-state index is 0.0116. The van der Waals surface area contributed by atoms with Gasteiger partial charge in [-0.3, -0.25) is 14.9 Å². The Kier molecular flexibility index (Phi) is 5.07. The maximum absolute atomic E-state index is 12.5. The second kappa shape index (κ2) is 7.60. The molecule has 0 saturated carbocycles. The van der Waals surface area contributed by atoms with E-state index >= 15 is 0 Å². The van der Waals surface area contributed by atoms with E-state index in [1.807, 2.05) is 12.1 Å². The minimum Gasteiger partial charge on any atom is -0.307 e. The van der Waals surface area contributed by atoms with Crippen molar-refractivity contribution in [1.82, 2.24) is 9.78 Å². The van der Waals surface area contributed by atoms with Crippen molar-refractivity contribution in [3.05, 3.63) is 87.6 Å². The maximum atomic E-state index is 12.5. The van der Waals surface area contributed by atoms with E-state index in [0.717, 1.165) is 12.0 Å². The lowest BCUT2D eigenvalue weighted by molar-refractivity contribution is -0.385. The molecule has 26 heavy (non-hydrogen) atoms. The van der Waals surface area contributed by atoms with Crippen LogP contribution < -0.4 is 5.32 Å². The third kappa shape index (κ3) is 3.77. The van der Waals surface area contributed by atoms with Crippen LogP contribution in [-0.4, -0.2) is 20.6 Å². The first-order chi connectivity index (χ1) is 12.6. The molecule has 0 atom stereocenters. The van der Waals surface area contributed by atoms with Crippen LogP contribution in [0.5, 0.6) is 0 Å². The van der Waals surface area contributed by atoms with E-state index in [4.69, 9.17) is 0 Å². The van der Waals surface area contributed by atoms with Crippen molar-refractivity contribution in [2.45, 2.75) is 19.9 Å². The minimum atomic E-state index is -0.568. The number of nitro groups is 1. The molecule has 0 spiro atoms. The number of anilines is 1. The Morgan fingerprint density at radius 3 is 2.50 bits per heavy atom. The number of benzene rings is 2. The number of hydrogen-bond donors (Lipinski definition) is 1. The molecule has 7 heteroatoms. The summed E-state index contributed by atoms with van der Waals surface area (Å²) in [6, 6.07) is 15.7. The van der Waals surface area contributed by atoms with Gasteiger partial charge in [0.15, 0.2) is 0 Å². The van der Waals surface area contributed by atoms with Gasteiger partial charge in [-0.25, -0.2) is 4.68 Å². The van der Waals surface area contributed by atoms with Crippen LogP contribution in [0.1, 0.15) is 28.4 Å². The highest BCUT2D eigenvalue weighted by Gasteiger charge is 2.20. The number of carbonyl (C=O) groups is 1. The largest absolute Gasteiger partial charge is 0.307 e. The Balaban J connectivity index is 1.78. The molecule has 1 N–H and O–H groups in total. The molecule has 3 aromatic rings. The molecular formula is C19H18N4O3. The Morgan fingerprint density at radius 1 is 1.12 bits per heavy atom. The molecule has 0 saturated heterocycles. The summed E-state index contributed by atoms with van der Waals surface area (Å²) in [4.78, 5) is 23.0. The smallest absolute Gasteiger partial charge is 0.282 e. The van der Waals surface area contributed by atoms with Crippen LogP contribution in [0.4, 0.5) is 11.5 Å². The highest BCUT2D eigenvalue weighted by atomic mass is 16.6. The standard InChI is InChI=1S/C19H18N4O3/c1-2-14-7-9-15(10-8-14)13-22-18(11-12-20-22)21-19(24)16-5-3-4-6-17(16)23(25)26/h3-12H,2,13H2,1H3,(H,21,24). The third-order valence-corrected chi connectivity index (χ3v) is 4.07. The zero-order valence-electron chi connectivity index (χ0n) is 14.3. The van der Waals surface area contributed by atoms with E-state index in [2.05, 4.69) is 29.5 Å². The van der Waals surface area contributed by atoms with Crippen LogP contribution in [0.2, 0.25) is 0 Å². The van der Waals surface area contributed by atoms with Gasteiger partial charge in [-0.1, -0.05) is 43.3 Å². The Bertz CT molecular complexity index is 932. The van der Waals surface area contributed by atoms with Gasteiger partial charge in [-0.15, -0.1) is 0 Å². The van der Waals surface area contributed by atoms with Crippen molar-refractivity contribution >= 4 is 17.4 Å². The Hall–Kier alpha value is -3.48. The van der Waals surface area contributed by atoms with Gasteiger partial charge >= 0.3 is 0 Å². The highest BCUT2D eigenvalue weighted by Crippen LogP contribution is 2.20. The molecular weight excluding hydrogens is 332 g/mol. The number of aryl methyl sites for hydroxylation is 1. The van der Waals surface area contributed by atoms with E-state index in [1.165, 1.54) is 23.8 Å². The topological polar surface area (TPSA) is 90.1 Å². The van der Waals surface area contributed by atoms with E-state index < -0.39 is 10.8 Å². The molecule has 0 aliphatic heterocycles. The number of amides is 1. The van der Waals surface area contributed by atoms with Gasteiger partial charge in [0.25, 0.3) is 11.6 Å². The second-order valence-corrected chi connectivity index (χ2v) is 5.77. The van der Waals surface area contributed by atoms with Crippen molar-refractivity contribution < 1.29 is 9.72 Å². The lowest BCUT2D eigenvalue weighted by atomic mass is 10.1. The fraction of sp³-hybridized carbons (Fsp3) is 0.158. The molecule has 0 aliphatic carbocycles. The number of nitrogens with one attached hydrogen (secondary N) is 1. The monoisotopic (exact) mass is 350 g/mol. The van der Waals surface area contributed by atoms with E-state index in [-0.39, 0.29) is 11.3 Å². The number of para-hydroxylation sites is 1. The molecule has 0 fully saturated rings. The molecule has 0 bridgehead atoms. The van der Waals surface area contributed by atoms with Crippen molar-refractivity contribution in [3.8, 4) is 0 Å². The fourth-order valence-corrected chi connectivity index (χ4v) is 2.63. The first kappa shape index (κ1) is 17.3. The summed E-state index contributed by atoms with van der Waals surface area (Å²) in [5, 5.41) is 18.0. The Labute approximate surface area is 150 Å². The lowest BCUT2D eigenvalue weighted by Gasteiger charge is -2.10. The average Bonchev–Trinajstić information content (AvgIpc) is 3.09. The summed E-state index contributed by atoms with van der Waals surface area (Å²) in [6.07, 6.45) is 2.55. The summed E-state index contributed by atoms with van der Waals surface area (Å²) in [7, 11) is 0. The molecule has 1 amide bonds. The number of aromatic nitrogens is 2. The SMILES string of the molecule is CCc1ccc(Cn2nccc2NC(=O)c2ccccc2[N+](=O)[O-])cc1. The second-order valence-electron chi connectivity index (χ2n) is 5.77. The van der Waals surface area contributed by atoms with Gasteiger partial charge in [0.05, 0.1) is 17.7 Å². The number of rotatable bonds is 6. The molecule has 3 rings (SSSR count). The summed E-state index contributed by atoms with van der Waals surface area (Å²) in [5.41, 5.74) is 2.08. The van der Waals surface area contributed by atoms with Crippen molar-refractivity contribution in [2.24, 2.45) is 0 Å². The number of carbonyl (C=O) groups excluding carboxylic acids is 1. The summed E-state index contributed by atoms with van der Waals surface area (Å²) in [5.74, 6) is -0.0619. The quantitative estimate of drug-likeness (QED) is 0.543. The van der Waals surface area contributed by atoms with Gasteiger partial charge < -0.3 is 5.32 Å². The molecule has 7 nitrogen and oxygen atoms in total.